The minimum absolute atomic E-state index is 0.0904. The number of benzene rings is 1. The van der Waals surface area contributed by atoms with Crippen LogP contribution in [0, 0.1) is 5.41 Å². The van der Waals surface area contributed by atoms with Gasteiger partial charge in [-0.25, -0.2) is 0 Å². The smallest absolute Gasteiger partial charge is 0.174 e. The zero-order chi connectivity index (χ0) is 20.3. The molecule has 0 unspecified atom stereocenters. The lowest BCUT2D eigenvalue weighted by molar-refractivity contribution is -0.133. The van der Waals surface area contributed by atoms with Crippen molar-refractivity contribution >= 4 is 28.9 Å². The molecule has 1 N–H and O–H groups in total. The maximum Gasteiger partial charge on any atom is 0.174 e. The van der Waals surface area contributed by atoms with Crippen LogP contribution in [0.15, 0.2) is 29.3 Å². The summed E-state index contributed by atoms with van der Waals surface area (Å²) in [4.78, 5) is 28.2. The lowest BCUT2D eigenvalue weighted by Gasteiger charge is -2.34. The van der Waals surface area contributed by atoms with Crippen molar-refractivity contribution in [3.63, 3.8) is 0 Å². The monoisotopic (exact) mass is 403 g/mol. The Kier molecular flexibility index (Phi) is 4.68. The average molecular weight is 404 g/mol. The summed E-state index contributed by atoms with van der Waals surface area (Å²) in [6.07, 6.45) is 2.34. The third-order valence-corrected chi connectivity index (χ3v) is 6.76. The van der Waals surface area contributed by atoms with Crippen LogP contribution in [0.5, 0.6) is 0 Å². The number of unbranched alkanes of at least 4 members (excludes halogenated alkanes) is 1. The quantitative estimate of drug-likeness (QED) is 0.758. The molecule has 2 aliphatic heterocycles. The van der Waals surface area contributed by atoms with E-state index in [9.17, 15) is 14.7 Å². The maximum atomic E-state index is 13.2. The normalized spacial score (nSPS) is 31.8. The van der Waals surface area contributed by atoms with Gasteiger partial charge in [-0.2, -0.15) is 0 Å². The summed E-state index contributed by atoms with van der Waals surface area (Å²) in [5, 5.41) is 11.8. The number of aliphatic hydroxyl groups is 1. The second-order valence-corrected chi connectivity index (χ2v) is 8.82. The molecule has 2 heterocycles. The lowest BCUT2D eigenvalue weighted by atomic mass is 9.82. The van der Waals surface area contributed by atoms with Crippen LogP contribution >= 0.6 is 11.6 Å². The third kappa shape index (κ3) is 2.60. The number of hydrogen-bond acceptors (Lipinski definition) is 5. The van der Waals surface area contributed by atoms with Gasteiger partial charge >= 0.3 is 0 Å². The first-order valence-electron chi connectivity index (χ1n) is 9.94. The third-order valence-electron chi connectivity index (χ3n) is 6.52. The Morgan fingerprint density at radius 1 is 1.32 bits per heavy atom. The molecular formula is C22H26ClNO4. The molecule has 0 radical (unpaired) electrons. The van der Waals surface area contributed by atoms with Crippen molar-refractivity contribution in [3.05, 3.63) is 39.9 Å². The number of ketones is 2. The summed E-state index contributed by atoms with van der Waals surface area (Å²) in [6.45, 7) is 6.15. The molecule has 0 amide bonds. The van der Waals surface area contributed by atoms with E-state index in [0.717, 1.165) is 18.5 Å². The summed E-state index contributed by atoms with van der Waals surface area (Å²) < 4.78 is 5.86. The number of fused-ring (bicyclic) bond motifs is 3. The fraction of sp³-hybridized carbons (Fsp3) is 0.545. The van der Waals surface area contributed by atoms with Crippen molar-refractivity contribution in [2.45, 2.75) is 58.3 Å². The molecule has 1 fully saturated rings. The van der Waals surface area contributed by atoms with Crippen LogP contribution in [-0.2, 0) is 19.9 Å². The zero-order valence-electron chi connectivity index (χ0n) is 16.5. The van der Waals surface area contributed by atoms with Gasteiger partial charge in [-0.15, -0.1) is 0 Å². The predicted octanol–water partition coefficient (Wildman–Crippen LogP) is 3.76. The summed E-state index contributed by atoms with van der Waals surface area (Å²) in [6, 6.07) is 5.35. The molecule has 1 aliphatic carbocycles. The van der Waals surface area contributed by atoms with Gasteiger partial charge in [0.1, 0.15) is 11.0 Å². The first-order chi connectivity index (χ1) is 13.2. The van der Waals surface area contributed by atoms with E-state index in [2.05, 4.69) is 6.92 Å². The largest absolute Gasteiger partial charge is 0.380 e. The molecule has 4 rings (SSSR count). The van der Waals surface area contributed by atoms with Gasteiger partial charge in [0.2, 0.25) is 0 Å². The number of rotatable bonds is 5. The number of Topliss-reactive ketones (excluding diaryl/α,β-unsaturated/α-hetero) is 2. The van der Waals surface area contributed by atoms with E-state index in [1.165, 1.54) is 0 Å². The molecule has 1 aromatic carbocycles. The fourth-order valence-corrected chi connectivity index (χ4v) is 5.07. The van der Waals surface area contributed by atoms with Crippen molar-refractivity contribution in [1.29, 1.82) is 0 Å². The molecule has 0 spiro atoms. The molecule has 0 bridgehead atoms. The Morgan fingerprint density at radius 3 is 2.79 bits per heavy atom. The second-order valence-electron chi connectivity index (χ2n) is 8.38. The number of nitrogens with zero attached hydrogens (tertiary/aromatic N) is 1. The van der Waals surface area contributed by atoms with E-state index in [1.807, 2.05) is 11.0 Å². The van der Waals surface area contributed by atoms with Gasteiger partial charge in [-0.05, 0) is 50.5 Å². The van der Waals surface area contributed by atoms with Gasteiger partial charge in [-0.3, -0.25) is 9.59 Å². The van der Waals surface area contributed by atoms with Gasteiger partial charge in [0.05, 0.1) is 6.61 Å². The minimum Gasteiger partial charge on any atom is -0.380 e. The van der Waals surface area contributed by atoms with E-state index in [-0.39, 0.29) is 18.1 Å². The number of anilines is 1. The number of halogens is 1. The highest BCUT2D eigenvalue weighted by Crippen LogP contribution is 2.52. The average Bonchev–Trinajstić information content (AvgIpc) is 3.20. The highest BCUT2D eigenvalue weighted by molar-refractivity contribution is 6.30. The van der Waals surface area contributed by atoms with Gasteiger partial charge in [0.25, 0.3) is 0 Å². The predicted molar refractivity (Wildman–Crippen MR) is 107 cm³/mol. The first kappa shape index (κ1) is 19.6. The SMILES string of the molecule is CCCCC1=C(C)C(=O)[C@@](C)(CN2c3ccc(Cl)cc3[C@]3(O)CCO[C@H]23)C1=O. The van der Waals surface area contributed by atoms with Crippen LogP contribution in [0.2, 0.25) is 5.02 Å². The summed E-state index contributed by atoms with van der Waals surface area (Å²) in [5.41, 5.74) is 0.389. The molecule has 6 heteroatoms. The standard InChI is InChI=1S/C22H26ClNO4/c1-4-5-6-15-13(2)18(25)21(3,19(15)26)12-24-17-8-7-14(23)11-16(17)22(27)9-10-28-20(22)24/h7-8,11,20,27H,4-6,9-10,12H2,1-3H3/t20-,21+,22+/m0/s1. The van der Waals surface area contributed by atoms with Crippen LogP contribution in [0.25, 0.3) is 0 Å². The van der Waals surface area contributed by atoms with Gasteiger partial charge in [-0.1, -0.05) is 24.9 Å². The Labute approximate surface area is 170 Å². The Bertz CT molecular complexity index is 895. The number of carbonyl (C=O) groups excluding carboxylic acids is 2. The van der Waals surface area contributed by atoms with Crippen LogP contribution < -0.4 is 4.90 Å². The lowest BCUT2D eigenvalue weighted by Crippen LogP contribution is -2.50. The Morgan fingerprint density at radius 2 is 2.07 bits per heavy atom. The molecular weight excluding hydrogens is 378 g/mol. The molecule has 0 aromatic heterocycles. The number of carbonyl (C=O) groups is 2. The number of ether oxygens (including phenoxy) is 1. The van der Waals surface area contributed by atoms with Gasteiger partial charge in [0, 0.05) is 34.8 Å². The molecule has 3 atom stereocenters. The molecule has 1 aromatic rings. The molecule has 0 saturated carbocycles. The van der Waals surface area contributed by atoms with Crippen molar-refractivity contribution in [1.82, 2.24) is 0 Å². The summed E-state index contributed by atoms with van der Waals surface area (Å²) in [7, 11) is 0. The number of allylic oxidation sites excluding steroid dienone is 2. The van der Waals surface area contributed by atoms with Crippen molar-refractivity contribution < 1.29 is 19.4 Å². The van der Waals surface area contributed by atoms with E-state index >= 15 is 0 Å². The fourth-order valence-electron chi connectivity index (χ4n) is 4.90. The van der Waals surface area contributed by atoms with Crippen LogP contribution in [0.4, 0.5) is 5.69 Å². The van der Waals surface area contributed by atoms with E-state index in [0.29, 0.717) is 41.2 Å². The highest BCUT2D eigenvalue weighted by Gasteiger charge is 2.58. The number of hydrogen-bond donors (Lipinski definition) is 1. The minimum atomic E-state index is -1.17. The van der Waals surface area contributed by atoms with E-state index in [4.69, 9.17) is 16.3 Å². The van der Waals surface area contributed by atoms with Crippen LogP contribution in [-0.4, -0.2) is 36.1 Å². The molecule has 150 valence electrons. The second kappa shape index (κ2) is 6.68. The zero-order valence-corrected chi connectivity index (χ0v) is 17.3. The van der Waals surface area contributed by atoms with E-state index in [1.54, 1.807) is 26.0 Å². The van der Waals surface area contributed by atoms with Crippen molar-refractivity contribution in [2.75, 3.05) is 18.1 Å². The van der Waals surface area contributed by atoms with Gasteiger partial charge < -0.3 is 14.7 Å². The molecule has 5 nitrogen and oxygen atoms in total. The van der Waals surface area contributed by atoms with Gasteiger partial charge in [0.15, 0.2) is 17.8 Å². The van der Waals surface area contributed by atoms with Crippen LogP contribution in [0.3, 0.4) is 0 Å². The summed E-state index contributed by atoms with van der Waals surface area (Å²) in [5.74, 6) is -0.208. The van der Waals surface area contributed by atoms with Crippen LogP contribution in [0.1, 0.15) is 52.0 Å². The molecule has 3 aliphatic rings. The molecule has 1 saturated heterocycles. The summed E-state index contributed by atoms with van der Waals surface area (Å²) >= 11 is 6.17. The van der Waals surface area contributed by atoms with Crippen molar-refractivity contribution in [3.8, 4) is 0 Å². The van der Waals surface area contributed by atoms with E-state index < -0.39 is 17.2 Å². The highest BCUT2D eigenvalue weighted by atomic mass is 35.5. The first-order valence-corrected chi connectivity index (χ1v) is 10.3. The Hall–Kier alpha value is -1.69. The maximum absolute atomic E-state index is 13.2. The van der Waals surface area contributed by atoms with Crippen molar-refractivity contribution in [2.24, 2.45) is 5.41 Å². The molecule has 28 heavy (non-hydrogen) atoms. The Balaban J connectivity index is 1.70. The topological polar surface area (TPSA) is 66.8 Å².